The molecule has 2 N–H and O–H groups in total. The number of aliphatic imine (C=N–C) groups is 1. The molecular formula is C12H7BrN2OS2. The number of hydrogen-bond donors (Lipinski definition) is 2. The highest BCUT2D eigenvalue weighted by Crippen LogP contribution is 2.36. The lowest BCUT2D eigenvalue weighted by Crippen LogP contribution is -1.80. The Balaban J connectivity index is 2.11. The minimum atomic E-state index is 0.106. The summed E-state index contributed by atoms with van der Waals surface area (Å²) in [6, 6.07) is 5.92. The van der Waals surface area contributed by atoms with Crippen molar-refractivity contribution >= 4 is 63.0 Å². The first-order chi connectivity index (χ1) is 8.63. The molecule has 0 bridgehead atoms. The molecule has 2 aromatic rings. The van der Waals surface area contributed by atoms with Crippen LogP contribution in [0.25, 0.3) is 11.6 Å². The quantitative estimate of drug-likeness (QED) is 0.750. The zero-order chi connectivity index (χ0) is 12.7. The molecule has 1 aromatic carbocycles. The van der Waals surface area contributed by atoms with Gasteiger partial charge >= 0.3 is 0 Å². The summed E-state index contributed by atoms with van der Waals surface area (Å²) in [6.07, 6.45) is 3.67. The van der Waals surface area contributed by atoms with Crippen LogP contribution in [0.3, 0.4) is 0 Å². The first-order valence-electron chi connectivity index (χ1n) is 5.11. The second-order valence-corrected chi connectivity index (χ2v) is 6.38. The maximum absolute atomic E-state index is 9.68. The van der Waals surface area contributed by atoms with Crippen LogP contribution >= 0.6 is 39.5 Å². The summed E-state index contributed by atoms with van der Waals surface area (Å²) in [5.74, 6) is 0.106. The summed E-state index contributed by atoms with van der Waals surface area (Å²) in [5, 5.41) is 9.68. The van der Waals surface area contributed by atoms with Gasteiger partial charge in [-0.3, -0.25) is 4.99 Å². The topological polar surface area (TPSA) is 48.4 Å². The van der Waals surface area contributed by atoms with Gasteiger partial charge < -0.3 is 10.1 Å². The number of thiazole rings is 1. The van der Waals surface area contributed by atoms with Gasteiger partial charge in [0.15, 0.2) is 3.95 Å². The number of hydrogen-bond acceptors (Lipinski definition) is 4. The molecule has 0 saturated heterocycles. The molecule has 0 unspecified atom stereocenters. The van der Waals surface area contributed by atoms with Crippen LogP contribution in [0.2, 0.25) is 0 Å². The zero-order valence-corrected chi connectivity index (χ0v) is 12.2. The molecule has 0 saturated carbocycles. The number of rotatable bonds is 1. The Morgan fingerprint density at radius 3 is 3.00 bits per heavy atom. The third-order valence-corrected chi connectivity index (χ3v) is 4.22. The van der Waals surface area contributed by atoms with E-state index >= 15 is 0 Å². The van der Waals surface area contributed by atoms with Crippen molar-refractivity contribution in [2.24, 2.45) is 4.99 Å². The number of aromatic amines is 1. The van der Waals surface area contributed by atoms with E-state index in [0.717, 1.165) is 21.3 Å². The molecule has 0 fully saturated rings. The van der Waals surface area contributed by atoms with E-state index < -0.39 is 0 Å². The number of nitrogens with one attached hydrogen (secondary N) is 1. The van der Waals surface area contributed by atoms with Gasteiger partial charge in [0.25, 0.3) is 0 Å². The van der Waals surface area contributed by atoms with Gasteiger partial charge in [-0.1, -0.05) is 15.9 Å². The fourth-order valence-electron chi connectivity index (χ4n) is 1.75. The second kappa shape index (κ2) is 4.46. The van der Waals surface area contributed by atoms with Crippen LogP contribution in [-0.4, -0.2) is 16.3 Å². The predicted octanol–water partition coefficient (Wildman–Crippen LogP) is 4.53. The molecule has 0 amide bonds. The number of fused-ring (bicyclic) bond motifs is 1. The van der Waals surface area contributed by atoms with Gasteiger partial charge in [-0.2, -0.15) is 0 Å². The van der Waals surface area contributed by atoms with Crippen molar-refractivity contribution in [3.8, 4) is 5.88 Å². The number of H-pyrrole nitrogens is 1. The van der Waals surface area contributed by atoms with Gasteiger partial charge in [0.1, 0.15) is 0 Å². The fraction of sp³-hybridized carbons (Fsp3) is 0. The number of allylic oxidation sites excluding steroid dienone is 1. The molecule has 90 valence electrons. The Morgan fingerprint density at radius 2 is 2.28 bits per heavy atom. The Labute approximate surface area is 121 Å². The van der Waals surface area contributed by atoms with Crippen LogP contribution in [0, 0.1) is 3.95 Å². The van der Waals surface area contributed by atoms with Crippen LogP contribution in [0.15, 0.2) is 27.7 Å². The summed E-state index contributed by atoms with van der Waals surface area (Å²) >= 11 is 9.78. The highest BCUT2D eigenvalue weighted by atomic mass is 79.9. The molecule has 0 aliphatic carbocycles. The van der Waals surface area contributed by atoms with Gasteiger partial charge in [0.05, 0.1) is 10.6 Å². The van der Waals surface area contributed by atoms with Crippen molar-refractivity contribution in [1.82, 2.24) is 4.98 Å². The Bertz CT molecular complexity index is 743. The summed E-state index contributed by atoms with van der Waals surface area (Å²) in [6.45, 7) is 0. The lowest BCUT2D eigenvalue weighted by molar-refractivity contribution is 0.456. The summed E-state index contributed by atoms with van der Waals surface area (Å²) in [5.41, 5.74) is 2.94. The van der Waals surface area contributed by atoms with Crippen LogP contribution in [0.1, 0.15) is 10.4 Å². The molecule has 3 rings (SSSR count). The lowest BCUT2D eigenvalue weighted by Gasteiger charge is -2.00. The second-order valence-electron chi connectivity index (χ2n) is 3.75. The van der Waals surface area contributed by atoms with Crippen LogP contribution in [0.5, 0.6) is 5.88 Å². The van der Waals surface area contributed by atoms with Gasteiger partial charge in [-0.25, -0.2) is 0 Å². The van der Waals surface area contributed by atoms with Crippen LogP contribution < -0.4 is 0 Å². The third-order valence-electron chi connectivity index (χ3n) is 2.56. The highest BCUT2D eigenvalue weighted by Gasteiger charge is 2.13. The SMILES string of the molecule is Oc1[nH]c(=S)sc1/C=C1/C=Nc2ccc(Br)cc21. The molecule has 18 heavy (non-hydrogen) atoms. The van der Waals surface area contributed by atoms with E-state index in [4.69, 9.17) is 12.2 Å². The van der Waals surface area contributed by atoms with Crippen LogP contribution in [0.4, 0.5) is 5.69 Å². The fourth-order valence-corrected chi connectivity index (χ4v) is 3.15. The Morgan fingerprint density at radius 1 is 1.44 bits per heavy atom. The largest absolute Gasteiger partial charge is 0.494 e. The van der Waals surface area contributed by atoms with E-state index in [0.29, 0.717) is 8.83 Å². The zero-order valence-electron chi connectivity index (χ0n) is 8.98. The summed E-state index contributed by atoms with van der Waals surface area (Å²) in [4.78, 5) is 7.75. The predicted molar refractivity (Wildman–Crippen MR) is 81.3 cm³/mol. The first kappa shape index (κ1) is 11.8. The average Bonchev–Trinajstić information content (AvgIpc) is 2.84. The van der Waals surface area contributed by atoms with Gasteiger partial charge in [0.2, 0.25) is 5.88 Å². The molecule has 1 aromatic heterocycles. The van der Waals surface area contributed by atoms with Gasteiger partial charge in [-0.15, -0.1) is 11.3 Å². The number of aromatic nitrogens is 1. The molecule has 0 spiro atoms. The van der Waals surface area contributed by atoms with Crippen molar-refractivity contribution < 1.29 is 5.11 Å². The van der Waals surface area contributed by atoms with Crippen molar-refractivity contribution in [1.29, 1.82) is 0 Å². The lowest BCUT2D eigenvalue weighted by atomic mass is 10.1. The van der Waals surface area contributed by atoms with E-state index in [-0.39, 0.29) is 5.88 Å². The smallest absolute Gasteiger partial charge is 0.207 e. The maximum Gasteiger partial charge on any atom is 0.207 e. The Hall–Kier alpha value is -1.24. The molecule has 3 nitrogen and oxygen atoms in total. The number of halogens is 1. The molecule has 2 heterocycles. The van der Waals surface area contributed by atoms with Crippen molar-refractivity contribution in [3.05, 3.63) is 37.1 Å². The van der Waals surface area contributed by atoms with E-state index in [2.05, 4.69) is 25.9 Å². The van der Waals surface area contributed by atoms with Crippen LogP contribution in [-0.2, 0) is 0 Å². The van der Waals surface area contributed by atoms with Gasteiger partial charge in [-0.05, 0) is 36.5 Å². The van der Waals surface area contributed by atoms with Gasteiger partial charge in [0, 0.05) is 21.8 Å². The number of nitrogens with zero attached hydrogens (tertiary/aromatic N) is 1. The summed E-state index contributed by atoms with van der Waals surface area (Å²) in [7, 11) is 0. The van der Waals surface area contributed by atoms with E-state index in [1.165, 1.54) is 11.3 Å². The van der Waals surface area contributed by atoms with E-state index in [1.54, 1.807) is 6.21 Å². The monoisotopic (exact) mass is 338 g/mol. The molecule has 1 aliphatic rings. The third kappa shape index (κ3) is 2.07. The molecule has 0 atom stereocenters. The minimum Gasteiger partial charge on any atom is -0.494 e. The maximum atomic E-state index is 9.68. The number of benzene rings is 1. The van der Waals surface area contributed by atoms with Crippen molar-refractivity contribution in [2.45, 2.75) is 0 Å². The summed E-state index contributed by atoms with van der Waals surface area (Å²) < 4.78 is 1.56. The highest BCUT2D eigenvalue weighted by molar-refractivity contribution is 9.10. The van der Waals surface area contributed by atoms with E-state index in [9.17, 15) is 5.11 Å². The molecule has 1 aliphatic heterocycles. The number of aromatic hydroxyl groups is 1. The first-order valence-corrected chi connectivity index (χ1v) is 7.13. The Kier molecular flexibility index (Phi) is 2.93. The average molecular weight is 339 g/mol. The normalized spacial score (nSPS) is 15.3. The standard InChI is InChI=1S/C12H7BrN2OS2/c13-7-1-2-9-8(4-7)6(5-14-9)3-10-11(16)15-12(17)18-10/h1-5,16H,(H,15,17)/b6-3-. The van der Waals surface area contributed by atoms with Crippen molar-refractivity contribution in [3.63, 3.8) is 0 Å². The molecule has 0 radical (unpaired) electrons. The molecule has 6 heteroatoms. The minimum absolute atomic E-state index is 0.106. The van der Waals surface area contributed by atoms with Crippen molar-refractivity contribution in [2.75, 3.05) is 0 Å². The van der Waals surface area contributed by atoms with E-state index in [1.807, 2.05) is 24.3 Å². The molecular weight excluding hydrogens is 332 g/mol.